The van der Waals surface area contributed by atoms with Crippen LogP contribution in [0.3, 0.4) is 0 Å². The van der Waals surface area contributed by atoms with Crippen LogP contribution >= 0.6 is 0 Å². The van der Waals surface area contributed by atoms with E-state index in [1.165, 1.54) is 5.69 Å². The second kappa shape index (κ2) is 8.69. The van der Waals surface area contributed by atoms with Gasteiger partial charge in [0.15, 0.2) is 11.5 Å². The molecule has 2 fully saturated rings. The predicted octanol–water partition coefficient (Wildman–Crippen LogP) is 3.07. The molecule has 6 rings (SSSR count). The van der Waals surface area contributed by atoms with Crippen LogP contribution in [0, 0.1) is 0 Å². The third-order valence-corrected chi connectivity index (χ3v) is 8.69. The molecule has 0 amide bonds. The second-order valence-electron chi connectivity index (χ2n) is 9.32. The quantitative estimate of drug-likeness (QED) is 0.443. The van der Waals surface area contributed by atoms with Crippen molar-refractivity contribution in [3.05, 3.63) is 60.6 Å². The largest absolute Gasteiger partial charge is 0.369 e. The minimum Gasteiger partial charge on any atom is -0.369 e. The molecule has 1 saturated carbocycles. The van der Waals surface area contributed by atoms with E-state index in [0.29, 0.717) is 17.4 Å². The summed E-state index contributed by atoms with van der Waals surface area (Å²) >= 11 is 0. The maximum Gasteiger partial charge on any atom is 0.229 e. The number of benzene rings is 1. The SMILES string of the molecule is CN1CCN(c2ccc(Nc3ncc4cnn(-c5cccc(C6(S(C)=O)CC6)n5)c4n3)cc2)CC1. The van der Waals surface area contributed by atoms with E-state index < -0.39 is 10.8 Å². The van der Waals surface area contributed by atoms with Crippen molar-refractivity contribution in [2.45, 2.75) is 17.6 Å². The zero-order valence-corrected chi connectivity index (χ0v) is 20.7. The highest BCUT2D eigenvalue weighted by Crippen LogP contribution is 2.49. The van der Waals surface area contributed by atoms with Crippen molar-refractivity contribution in [2.24, 2.45) is 0 Å². The first-order valence-corrected chi connectivity index (χ1v) is 13.4. The first-order chi connectivity index (χ1) is 17.0. The van der Waals surface area contributed by atoms with Gasteiger partial charge >= 0.3 is 0 Å². The Hall–Kier alpha value is -3.37. The molecule has 1 aromatic carbocycles. The first-order valence-electron chi connectivity index (χ1n) is 11.8. The Bertz CT molecular complexity index is 1390. The number of hydrogen-bond donors (Lipinski definition) is 1. The summed E-state index contributed by atoms with van der Waals surface area (Å²) in [6.45, 7) is 4.24. The van der Waals surface area contributed by atoms with Crippen molar-refractivity contribution >= 4 is 39.2 Å². The Labute approximate surface area is 206 Å². The van der Waals surface area contributed by atoms with Crippen molar-refractivity contribution in [1.82, 2.24) is 29.6 Å². The van der Waals surface area contributed by atoms with Gasteiger partial charge < -0.3 is 15.1 Å². The predicted molar refractivity (Wildman–Crippen MR) is 139 cm³/mol. The molecular formula is C25H28N8OS. The van der Waals surface area contributed by atoms with Crippen LogP contribution in [0.25, 0.3) is 16.9 Å². The Morgan fingerprint density at radius 3 is 2.46 bits per heavy atom. The van der Waals surface area contributed by atoms with E-state index in [1.807, 2.05) is 18.2 Å². The fraction of sp³-hybridized carbons (Fsp3) is 0.360. The summed E-state index contributed by atoms with van der Waals surface area (Å²) < 4.78 is 13.7. The van der Waals surface area contributed by atoms with Crippen LogP contribution in [0.2, 0.25) is 0 Å². The number of anilines is 3. The van der Waals surface area contributed by atoms with E-state index in [1.54, 1.807) is 23.3 Å². The van der Waals surface area contributed by atoms with Gasteiger partial charge in [-0.2, -0.15) is 14.8 Å². The van der Waals surface area contributed by atoms with Crippen LogP contribution in [0.15, 0.2) is 54.9 Å². The average Bonchev–Trinajstić information content (AvgIpc) is 3.60. The van der Waals surface area contributed by atoms with Gasteiger partial charge in [-0.25, -0.2) is 9.97 Å². The Balaban J connectivity index is 1.25. The molecule has 1 aliphatic carbocycles. The molecular weight excluding hydrogens is 460 g/mol. The molecule has 1 unspecified atom stereocenters. The highest BCUT2D eigenvalue weighted by atomic mass is 32.2. The van der Waals surface area contributed by atoms with Gasteiger partial charge in [0.25, 0.3) is 0 Å². The summed E-state index contributed by atoms with van der Waals surface area (Å²) in [7, 11) is 1.20. The molecule has 1 saturated heterocycles. The molecule has 9 nitrogen and oxygen atoms in total. The monoisotopic (exact) mass is 488 g/mol. The van der Waals surface area contributed by atoms with Gasteiger partial charge in [0.05, 0.1) is 22.0 Å². The summed E-state index contributed by atoms with van der Waals surface area (Å²) in [4.78, 5) is 18.8. The molecule has 1 N–H and O–H groups in total. The Kier molecular flexibility index (Phi) is 5.49. The van der Waals surface area contributed by atoms with Crippen LogP contribution in [0.1, 0.15) is 18.5 Å². The van der Waals surface area contributed by atoms with Crippen LogP contribution in [-0.4, -0.2) is 73.3 Å². The summed E-state index contributed by atoms with van der Waals surface area (Å²) in [6, 6.07) is 14.2. The number of fused-ring (bicyclic) bond motifs is 1. The summed E-state index contributed by atoms with van der Waals surface area (Å²) in [5, 5.41) is 8.65. The average molecular weight is 489 g/mol. The van der Waals surface area contributed by atoms with Crippen molar-refractivity contribution in [2.75, 3.05) is 49.7 Å². The van der Waals surface area contributed by atoms with Gasteiger partial charge in [0.1, 0.15) is 0 Å². The molecule has 3 aromatic heterocycles. The molecule has 10 heteroatoms. The smallest absolute Gasteiger partial charge is 0.229 e. The van der Waals surface area contributed by atoms with E-state index in [4.69, 9.17) is 9.97 Å². The number of nitrogens with zero attached hydrogens (tertiary/aromatic N) is 7. The number of rotatable bonds is 6. The molecule has 1 atom stereocenters. The molecule has 180 valence electrons. The molecule has 2 aliphatic rings. The third kappa shape index (κ3) is 4.17. The van der Waals surface area contributed by atoms with Crippen molar-refractivity contribution < 1.29 is 4.21 Å². The lowest BCUT2D eigenvalue weighted by Gasteiger charge is -2.34. The van der Waals surface area contributed by atoms with Gasteiger partial charge in [0, 0.05) is 60.8 Å². The van der Waals surface area contributed by atoms with Crippen LogP contribution in [0.4, 0.5) is 17.3 Å². The first kappa shape index (κ1) is 22.1. The zero-order chi connectivity index (χ0) is 24.0. The summed E-state index contributed by atoms with van der Waals surface area (Å²) in [5.41, 5.74) is 3.68. The lowest BCUT2D eigenvalue weighted by Crippen LogP contribution is -2.44. The lowest BCUT2D eigenvalue weighted by molar-refractivity contribution is 0.313. The van der Waals surface area contributed by atoms with Crippen LogP contribution in [0.5, 0.6) is 0 Å². The van der Waals surface area contributed by atoms with E-state index in [-0.39, 0.29) is 4.75 Å². The van der Waals surface area contributed by atoms with Gasteiger partial charge in [-0.1, -0.05) is 6.07 Å². The fourth-order valence-electron chi connectivity index (χ4n) is 4.59. The van der Waals surface area contributed by atoms with Gasteiger partial charge in [0.2, 0.25) is 5.95 Å². The van der Waals surface area contributed by atoms with E-state index >= 15 is 0 Å². The highest BCUT2D eigenvalue weighted by molar-refractivity contribution is 7.85. The number of pyridine rings is 1. The molecule has 4 aromatic rings. The van der Waals surface area contributed by atoms with E-state index in [0.717, 1.165) is 55.8 Å². The minimum atomic E-state index is -0.962. The summed E-state index contributed by atoms with van der Waals surface area (Å²) in [6.07, 6.45) is 7.06. The van der Waals surface area contributed by atoms with Crippen molar-refractivity contribution in [1.29, 1.82) is 0 Å². The number of hydrogen-bond acceptors (Lipinski definition) is 8. The number of aromatic nitrogens is 5. The number of nitrogens with one attached hydrogen (secondary N) is 1. The van der Waals surface area contributed by atoms with Gasteiger partial charge in [-0.05, 0) is 56.3 Å². The molecule has 1 aliphatic heterocycles. The molecule has 0 radical (unpaired) electrons. The topological polar surface area (TPSA) is 92.1 Å². The summed E-state index contributed by atoms with van der Waals surface area (Å²) in [5.74, 6) is 1.16. The lowest BCUT2D eigenvalue weighted by atomic mass is 10.2. The van der Waals surface area contributed by atoms with Crippen molar-refractivity contribution in [3.63, 3.8) is 0 Å². The maximum absolute atomic E-state index is 12.3. The molecule has 4 heterocycles. The third-order valence-electron chi connectivity index (χ3n) is 6.97. The maximum atomic E-state index is 12.3. The van der Waals surface area contributed by atoms with E-state index in [9.17, 15) is 4.21 Å². The second-order valence-corrected chi connectivity index (χ2v) is 11.0. The standard InChI is InChI=1S/C25H28N8OS/c1-31-12-14-32(15-13-31)20-8-6-19(7-9-20)28-24-26-16-18-17-27-33(23(18)30-24)22-5-3-4-21(29-22)25(10-11-25)35(2)34/h3-9,16-17H,10-15H2,1-2H3,(H,26,28,30). The normalized spacial score (nSPS) is 18.5. The highest BCUT2D eigenvalue weighted by Gasteiger charge is 2.49. The number of piperazine rings is 1. The van der Waals surface area contributed by atoms with Gasteiger partial charge in [-0.15, -0.1) is 0 Å². The Morgan fingerprint density at radius 1 is 0.971 bits per heavy atom. The van der Waals surface area contributed by atoms with Crippen LogP contribution in [-0.2, 0) is 15.5 Å². The number of likely N-dealkylation sites (N-methyl/N-ethyl adjacent to an activating group) is 1. The van der Waals surface area contributed by atoms with Crippen LogP contribution < -0.4 is 10.2 Å². The Morgan fingerprint density at radius 2 is 1.74 bits per heavy atom. The van der Waals surface area contributed by atoms with Crippen molar-refractivity contribution in [3.8, 4) is 5.82 Å². The molecule has 35 heavy (non-hydrogen) atoms. The minimum absolute atomic E-state index is 0.322. The van der Waals surface area contributed by atoms with E-state index in [2.05, 4.69) is 56.5 Å². The van der Waals surface area contributed by atoms with Gasteiger partial charge in [-0.3, -0.25) is 4.21 Å². The zero-order valence-electron chi connectivity index (χ0n) is 19.9. The fourth-order valence-corrected chi connectivity index (χ4v) is 5.68. The molecule has 0 spiro atoms. The molecule has 0 bridgehead atoms.